The van der Waals surface area contributed by atoms with E-state index in [0.29, 0.717) is 11.5 Å². The van der Waals surface area contributed by atoms with Crippen LogP contribution in [-0.4, -0.2) is 15.6 Å². The van der Waals surface area contributed by atoms with E-state index in [9.17, 15) is 0 Å². The third-order valence-corrected chi connectivity index (χ3v) is 13.2. The van der Waals surface area contributed by atoms with Crippen LogP contribution in [0.3, 0.4) is 0 Å². The molecule has 0 atom stereocenters. The maximum atomic E-state index is 6.78. The molecule has 1 aliphatic rings. The van der Waals surface area contributed by atoms with E-state index in [0.717, 1.165) is 50.6 Å². The second-order valence-electron chi connectivity index (χ2n) is 23.6. The summed E-state index contributed by atoms with van der Waals surface area (Å²) in [6, 6.07) is 55.1. The van der Waals surface area contributed by atoms with Crippen molar-refractivity contribution in [3.05, 3.63) is 167 Å². The molecule has 6 heteroatoms. The van der Waals surface area contributed by atoms with Crippen molar-refractivity contribution in [2.75, 3.05) is 0 Å². The molecule has 1 aliphatic heterocycles. The van der Waals surface area contributed by atoms with Crippen molar-refractivity contribution in [3.63, 3.8) is 0 Å². The van der Waals surface area contributed by atoms with Crippen molar-refractivity contribution in [2.24, 2.45) is 0 Å². The summed E-state index contributed by atoms with van der Waals surface area (Å²) in [5.41, 5.74) is 14.4. The standard InChI is InChI=1S/C62H66N4O.Pt/c1-58(2,3)41-21-16-20-40(32-41)49-24-18-27-53-57(49)65(46-34-43(60(7,8)9)33-44(35-46)61(10,11)12)39-64(53)45-22-17-23-47(37-45)67-48-28-29-50-54(38-48)66(55-36-42(30-31-63-55)59(4,5)6)52-26-19-25-51(56(50)52)62(13,14)15;/h16-36H,1-15H3;/q;+2. The predicted octanol–water partition coefficient (Wildman–Crippen LogP) is 16.6. The van der Waals surface area contributed by atoms with Gasteiger partial charge in [-0.25, -0.2) is 4.98 Å². The number of pyridine rings is 1. The Kier molecular flexibility index (Phi) is 12.3. The topological polar surface area (TPSA) is 33.1 Å². The second kappa shape index (κ2) is 17.3. The van der Waals surface area contributed by atoms with Crippen LogP contribution in [0.5, 0.6) is 11.5 Å². The Hall–Kier alpha value is -5.86. The molecule has 0 bridgehead atoms. The molecule has 348 valence electrons. The molecule has 0 saturated heterocycles. The zero-order valence-electron chi connectivity index (χ0n) is 42.6. The van der Waals surface area contributed by atoms with E-state index < -0.39 is 0 Å². The first-order valence-electron chi connectivity index (χ1n) is 23.8. The van der Waals surface area contributed by atoms with Crippen LogP contribution in [0.2, 0.25) is 0 Å². The Morgan fingerprint density at radius 3 is 1.82 bits per heavy atom. The van der Waals surface area contributed by atoms with Crippen LogP contribution < -0.4 is 13.9 Å². The van der Waals surface area contributed by atoms with Gasteiger partial charge in [0.25, 0.3) is 5.69 Å². The van der Waals surface area contributed by atoms with Crippen LogP contribution in [0.4, 0.5) is 22.7 Å². The van der Waals surface area contributed by atoms with Gasteiger partial charge in [0, 0.05) is 41.4 Å². The molecule has 8 aromatic rings. The zero-order valence-corrected chi connectivity index (χ0v) is 44.9. The molecular formula is C62H66N4OPt+2. The van der Waals surface area contributed by atoms with E-state index in [1.54, 1.807) is 0 Å². The molecule has 9 rings (SSSR count). The number of hydrogen-bond acceptors (Lipinski definition) is 2. The molecule has 0 N–H and O–H groups in total. The second-order valence-corrected chi connectivity index (χ2v) is 23.6. The van der Waals surface area contributed by atoms with Gasteiger partial charge in [-0.05, 0) is 94.7 Å². The molecule has 0 aliphatic carbocycles. The van der Waals surface area contributed by atoms with Crippen LogP contribution >= 0.6 is 0 Å². The molecule has 0 spiro atoms. The first-order chi connectivity index (χ1) is 31.4. The van der Waals surface area contributed by atoms with Gasteiger partial charge in [0.05, 0.1) is 5.56 Å². The third kappa shape index (κ3) is 9.21. The summed E-state index contributed by atoms with van der Waals surface area (Å²) < 4.78 is 13.4. The van der Waals surface area contributed by atoms with E-state index in [-0.39, 0.29) is 48.1 Å². The Labute approximate surface area is 419 Å². The van der Waals surface area contributed by atoms with Crippen LogP contribution in [0.1, 0.15) is 132 Å². The van der Waals surface area contributed by atoms with Crippen molar-refractivity contribution >= 4 is 50.6 Å². The number of nitrogens with zero attached hydrogens (tertiary/aromatic N) is 4. The molecule has 68 heavy (non-hydrogen) atoms. The summed E-state index contributed by atoms with van der Waals surface area (Å²) in [5.74, 6) is 2.04. The van der Waals surface area contributed by atoms with Crippen molar-refractivity contribution in [1.29, 1.82) is 0 Å². The number of fused-ring (bicyclic) bond motifs is 4. The summed E-state index contributed by atoms with van der Waals surface area (Å²) in [6.45, 7) is 34.1. The summed E-state index contributed by atoms with van der Waals surface area (Å²) in [5, 5.41) is 2.32. The minimum Gasteiger partial charge on any atom is -0.509 e. The fourth-order valence-electron chi connectivity index (χ4n) is 9.16. The smallest absolute Gasteiger partial charge is 0.509 e. The van der Waals surface area contributed by atoms with Crippen LogP contribution in [-0.2, 0) is 48.1 Å². The van der Waals surface area contributed by atoms with E-state index in [1.807, 2.05) is 24.4 Å². The number of ether oxygens (including phenoxy) is 1. The maximum Gasteiger partial charge on any atom is 2.00 e. The van der Waals surface area contributed by atoms with E-state index in [1.165, 1.54) is 38.8 Å². The van der Waals surface area contributed by atoms with Crippen molar-refractivity contribution < 1.29 is 25.8 Å². The van der Waals surface area contributed by atoms with Gasteiger partial charge in [-0.15, -0.1) is 23.6 Å². The van der Waals surface area contributed by atoms with Crippen LogP contribution in [0.15, 0.2) is 128 Å². The third-order valence-electron chi connectivity index (χ3n) is 13.2. The SMILES string of the molecule is CC(C)(C)c1cccc(-c2cccc3c2[N+](c2cc(C(C)(C)C)cc(C(C)(C)C)c2)=C=[N+]3c2[c-]c(Oc3[c-]c4c(cc3)c3c(C(C)(C)C)cccc3n4-c3cc(C(C)(C)C)ccn3)ccc2)c1.[Pt+2]. The van der Waals surface area contributed by atoms with Gasteiger partial charge in [0.2, 0.25) is 5.69 Å². The molecule has 2 aromatic heterocycles. The number of hydrogen-bond donors (Lipinski definition) is 0. The Bertz CT molecular complexity index is 3300. The number of para-hydroxylation sites is 1. The molecule has 0 fully saturated rings. The average Bonchev–Trinajstić information content (AvgIpc) is 3.81. The molecular weight excluding hydrogens is 1010 g/mol. The molecule has 6 aromatic carbocycles. The summed E-state index contributed by atoms with van der Waals surface area (Å²) in [6.07, 6.45) is 1.92. The summed E-state index contributed by atoms with van der Waals surface area (Å²) in [7, 11) is 0. The van der Waals surface area contributed by atoms with Gasteiger partial charge in [0.1, 0.15) is 11.5 Å². The van der Waals surface area contributed by atoms with Gasteiger partial charge >= 0.3 is 32.8 Å². The van der Waals surface area contributed by atoms with E-state index in [2.05, 4.69) is 239 Å². The van der Waals surface area contributed by atoms with Crippen LogP contribution in [0, 0.1) is 12.1 Å². The largest absolute Gasteiger partial charge is 2.00 e. The van der Waals surface area contributed by atoms with Gasteiger partial charge < -0.3 is 9.30 Å². The molecule has 0 amide bonds. The fourth-order valence-corrected chi connectivity index (χ4v) is 9.16. The van der Waals surface area contributed by atoms with Crippen molar-refractivity contribution in [3.8, 4) is 28.4 Å². The Morgan fingerprint density at radius 2 is 1.16 bits per heavy atom. The molecule has 0 saturated carbocycles. The molecule has 3 heterocycles. The molecule has 5 nitrogen and oxygen atoms in total. The minimum atomic E-state index is -0.0802. The Balaban J connectivity index is 0.00000625. The number of aromatic nitrogens is 2. The summed E-state index contributed by atoms with van der Waals surface area (Å²) in [4.78, 5) is 4.96. The number of rotatable bonds is 6. The van der Waals surface area contributed by atoms with Crippen molar-refractivity contribution in [1.82, 2.24) is 18.7 Å². The molecule has 0 radical (unpaired) electrons. The minimum absolute atomic E-state index is 0. The molecule has 0 unspecified atom stereocenters. The van der Waals surface area contributed by atoms with Gasteiger partial charge in [-0.2, -0.15) is 12.1 Å². The van der Waals surface area contributed by atoms with Crippen molar-refractivity contribution in [2.45, 2.75) is 131 Å². The summed E-state index contributed by atoms with van der Waals surface area (Å²) >= 11 is 0. The normalized spacial score (nSPS) is 13.3. The number of benzene rings is 6. The monoisotopic (exact) mass is 1080 g/mol. The van der Waals surface area contributed by atoms with E-state index >= 15 is 0 Å². The Morgan fingerprint density at radius 1 is 0.544 bits per heavy atom. The zero-order chi connectivity index (χ0) is 48.0. The van der Waals surface area contributed by atoms with Gasteiger partial charge in [0.15, 0.2) is 0 Å². The predicted molar refractivity (Wildman–Crippen MR) is 282 cm³/mol. The first-order valence-corrected chi connectivity index (χ1v) is 23.8. The van der Waals surface area contributed by atoms with Gasteiger partial charge in [-0.1, -0.05) is 175 Å². The average molecular weight is 1080 g/mol. The van der Waals surface area contributed by atoms with Crippen LogP contribution in [0.25, 0.3) is 38.8 Å². The maximum absolute atomic E-state index is 6.78. The quantitative estimate of drug-likeness (QED) is 0.123. The van der Waals surface area contributed by atoms with Gasteiger partial charge in [-0.3, -0.25) is 0 Å². The fraction of sp³-hybridized carbons (Fsp3) is 0.323. The first kappa shape index (κ1) is 48.6. The van der Waals surface area contributed by atoms with E-state index in [4.69, 9.17) is 9.72 Å².